The number of nitrogen functional groups attached to an aromatic ring is 1. The highest BCUT2D eigenvalue weighted by atomic mass is 35.5. The quantitative estimate of drug-likeness (QED) is 0.593. The largest absolute Gasteiger partial charge is 0.481 e. The summed E-state index contributed by atoms with van der Waals surface area (Å²) >= 11 is 6.34. The average molecular weight is 441 g/mol. The maximum absolute atomic E-state index is 11.3. The molecule has 2 aromatic carbocycles. The minimum Gasteiger partial charge on any atom is -0.481 e. The molecule has 0 aliphatic carbocycles. The minimum atomic E-state index is -0.745. The van der Waals surface area contributed by atoms with Gasteiger partial charge in [-0.3, -0.25) is 4.79 Å². The zero-order valence-corrected chi connectivity index (χ0v) is 17.4. The third-order valence-electron chi connectivity index (χ3n) is 5.94. The lowest BCUT2D eigenvalue weighted by Crippen LogP contribution is -2.37. The van der Waals surface area contributed by atoms with E-state index >= 15 is 0 Å². The normalized spacial score (nSPS) is 16.1. The maximum Gasteiger partial charge on any atom is 0.306 e. The summed E-state index contributed by atoms with van der Waals surface area (Å²) in [4.78, 5) is 13.4. The molecular formula is C22H21ClN4O4. The molecule has 1 saturated heterocycles. The lowest BCUT2D eigenvalue weighted by atomic mass is 9.96. The van der Waals surface area contributed by atoms with Crippen LogP contribution in [-0.2, 0) is 11.2 Å². The third kappa shape index (κ3) is 3.57. The van der Waals surface area contributed by atoms with E-state index in [2.05, 4.69) is 15.1 Å². The first-order valence-electron chi connectivity index (χ1n) is 10.1. The molecule has 3 N–H and O–H groups in total. The SMILES string of the molecule is Nc1c(Cl)ccc2c(N3CCC(C(=O)O)CC3)nnc(Cc3ccc4c(c3)OCO4)c12. The molecule has 0 spiro atoms. The van der Waals surface area contributed by atoms with E-state index in [0.29, 0.717) is 54.6 Å². The zero-order valence-electron chi connectivity index (χ0n) is 16.7. The number of hydrogen-bond acceptors (Lipinski definition) is 7. The van der Waals surface area contributed by atoms with Gasteiger partial charge >= 0.3 is 5.97 Å². The first-order chi connectivity index (χ1) is 15.0. The first-order valence-corrected chi connectivity index (χ1v) is 10.5. The van der Waals surface area contributed by atoms with Crippen LogP contribution in [0, 0.1) is 5.92 Å². The molecule has 160 valence electrons. The van der Waals surface area contributed by atoms with Crippen molar-refractivity contribution >= 4 is 39.8 Å². The van der Waals surface area contributed by atoms with Crippen molar-refractivity contribution in [3.05, 3.63) is 46.6 Å². The van der Waals surface area contributed by atoms with Crippen molar-refractivity contribution < 1.29 is 19.4 Å². The molecule has 2 aliphatic rings. The molecule has 0 amide bonds. The van der Waals surface area contributed by atoms with Crippen LogP contribution in [-0.4, -0.2) is 41.2 Å². The van der Waals surface area contributed by atoms with Gasteiger partial charge in [-0.05, 0) is 42.7 Å². The molecular weight excluding hydrogens is 420 g/mol. The summed E-state index contributed by atoms with van der Waals surface area (Å²) in [6, 6.07) is 9.45. The number of carboxylic acids is 1. The van der Waals surface area contributed by atoms with E-state index < -0.39 is 5.97 Å². The van der Waals surface area contributed by atoms with Crippen LogP contribution < -0.4 is 20.1 Å². The third-order valence-corrected chi connectivity index (χ3v) is 6.27. The minimum absolute atomic E-state index is 0.220. The van der Waals surface area contributed by atoms with Crippen LogP contribution in [0.4, 0.5) is 11.5 Å². The molecule has 5 rings (SSSR count). The van der Waals surface area contributed by atoms with E-state index in [-0.39, 0.29) is 12.7 Å². The first kappa shape index (κ1) is 19.7. The van der Waals surface area contributed by atoms with E-state index in [1.54, 1.807) is 6.07 Å². The van der Waals surface area contributed by atoms with Gasteiger partial charge in [-0.15, -0.1) is 5.10 Å². The Balaban J connectivity index is 1.52. The standard InChI is InChI=1S/C22H21ClN4O4/c23-15-3-2-14-19(20(15)24)16(9-12-1-4-17-18(10-12)31-11-30-17)25-26-21(14)27-7-5-13(6-8-27)22(28)29/h1-4,10,13H,5-9,11,24H2,(H,28,29). The Labute approximate surface area is 183 Å². The molecule has 0 unspecified atom stereocenters. The highest BCUT2D eigenvalue weighted by Gasteiger charge is 2.27. The van der Waals surface area contributed by atoms with Crippen molar-refractivity contribution in [2.45, 2.75) is 19.3 Å². The highest BCUT2D eigenvalue weighted by Crippen LogP contribution is 2.38. The number of halogens is 1. The second-order valence-corrected chi connectivity index (χ2v) is 8.23. The Hall–Kier alpha value is -3.26. The summed E-state index contributed by atoms with van der Waals surface area (Å²) < 4.78 is 10.9. The fraction of sp³-hybridized carbons (Fsp3) is 0.318. The van der Waals surface area contributed by atoms with Crippen molar-refractivity contribution in [2.75, 3.05) is 30.5 Å². The predicted octanol–water partition coefficient (Wildman–Crippen LogP) is 3.49. The van der Waals surface area contributed by atoms with E-state index in [4.69, 9.17) is 26.8 Å². The second-order valence-electron chi connectivity index (χ2n) is 7.82. The Morgan fingerprint density at radius 1 is 1.16 bits per heavy atom. The number of aliphatic carboxylic acids is 1. The molecule has 2 aliphatic heterocycles. The fourth-order valence-corrected chi connectivity index (χ4v) is 4.40. The molecule has 0 saturated carbocycles. The van der Waals surface area contributed by atoms with E-state index in [1.807, 2.05) is 24.3 Å². The van der Waals surface area contributed by atoms with Gasteiger partial charge in [0.25, 0.3) is 0 Å². The Bertz CT molecular complexity index is 1180. The lowest BCUT2D eigenvalue weighted by molar-refractivity contribution is -0.142. The Kier molecular flexibility index (Phi) is 4.94. The van der Waals surface area contributed by atoms with E-state index in [9.17, 15) is 9.90 Å². The van der Waals surface area contributed by atoms with Crippen LogP contribution in [0.25, 0.3) is 10.8 Å². The number of fused-ring (bicyclic) bond motifs is 2. The molecule has 0 radical (unpaired) electrons. The van der Waals surface area contributed by atoms with Gasteiger partial charge in [0, 0.05) is 30.3 Å². The number of nitrogens with two attached hydrogens (primary N) is 1. The number of benzene rings is 2. The van der Waals surface area contributed by atoms with Crippen LogP contribution in [0.5, 0.6) is 11.5 Å². The van der Waals surface area contributed by atoms with Gasteiger partial charge in [0.1, 0.15) is 0 Å². The summed E-state index contributed by atoms with van der Waals surface area (Å²) in [6.07, 6.45) is 1.65. The van der Waals surface area contributed by atoms with Gasteiger partial charge in [-0.25, -0.2) is 0 Å². The highest BCUT2D eigenvalue weighted by molar-refractivity contribution is 6.35. The van der Waals surface area contributed by atoms with Crippen LogP contribution in [0.15, 0.2) is 30.3 Å². The van der Waals surface area contributed by atoms with Crippen LogP contribution in [0.1, 0.15) is 24.1 Å². The molecule has 3 aromatic rings. The molecule has 31 heavy (non-hydrogen) atoms. The number of anilines is 2. The molecule has 0 bridgehead atoms. The van der Waals surface area contributed by atoms with Crippen LogP contribution in [0.3, 0.4) is 0 Å². The van der Waals surface area contributed by atoms with Gasteiger partial charge < -0.3 is 25.2 Å². The average Bonchev–Trinajstić information content (AvgIpc) is 3.24. The smallest absolute Gasteiger partial charge is 0.306 e. The molecule has 1 aromatic heterocycles. The van der Waals surface area contributed by atoms with Crippen molar-refractivity contribution in [2.24, 2.45) is 5.92 Å². The van der Waals surface area contributed by atoms with Crippen molar-refractivity contribution in [1.29, 1.82) is 0 Å². The summed E-state index contributed by atoms with van der Waals surface area (Å²) in [5.74, 6) is 1.07. The number of hydrogen-bond donors (Lipinski definition) is 2. The summed E-state index contributed by atoms with van der Waals surface area (Å²) in [7, 11) is 0. The van der Waals surface area contributed by atoms with Gasteiger partial charge in [-0.2, -0.15) is 5.10 Å². The monoisotopic (exact) mass is 440 g/mol. The summed E-state index contributed by atoms with van der Waals surface area (Å²) in [5, 5.41) is 20.4. The van der Waals surface area contributed by atoms with Gasteiger partial charge in [0.15, 0.2) is 17.3 Å². The summed E-state index contributed by atoms with van der Waals surface area (Å²) in [6.45, 7) is 1.42. The number of aromatic nitrogens is 2. The van der Waals surface area contributed by atoms with Gasteiger partial charge in [-0.1, -0.05) is 17.7 Å². The second kappa shape index (κ2) is 7.77. The number of rotatable bonds is 4. The molecule has 8 nitrogen and oxygen atoms in total. The zero-order chi connectivity index (χ0) is 21.5. The molecule has 0 atom stereocenters. The van der Waals surface area contributed by atoms with Crippen LogP contribution >= 0.6 is 11.6 Å². The fourth-order valence-electron chi connectivity index (χ4n) is 4.24. The molecule has 9 heteroatoms. The lowest BCUT2D eigenvalue weighted by Gasteiger charge is -2.31. The number of ether oxygens (including phenoxy) is 2. The Morgan fingerprint density at radius 3 is 2.71 bits per heavy atom. The van der Waals surface area contributed by atoms with E-state index in [1.165, 1.54) is 0 Å². The van der Waals surface area contributed by atoms with Gasteiger partial charge in [0.05, 0.1) is 22.3 Å². The van der Waals surface area contributed by atoms with E-state index in [0.717, 1.165) is 27.8 Å². The van der Waals surface area contributed by atoms with Crippen molar-refractivity contribution in [1.82, 2.24) is 10.2 Å². The Morgan fingerprint density at radius 2 is 1.94 bits per heavy atom. The van der Waals surface area contributed by atoms with Crippen LogP contribution in [0.2, 0.25) is 5.02 Å². The number of carboxylic acid groups (broad SMARTS) is 1. The maximum atomic E-state index is 11.3. The topological polar surface area (TPSA) is 111 Å². The molecule has 3 heterocycles. The summed E-state index contributed by atoms with van der Waals surface area (Å²) in [5.41, 5.74) is 8.56. The van der Waals surface area contributed by atoms with Crippen molar-refractivity contribution in [3.63, 3.8) is 0 Å². The number of piperidine rings is 1. The van der Waals surface area contributed by atoms with Gasteiger partial charge in [0.2, 0.25) is 6.79 Å². The van der Waals surface area contributed by atoms with Crippen molar-refractivity contribution in [3.8, 4) is 11.5 Å². The number of nitrogens with zero attached hydrogens (tertiary/aromatic N) is 3. The molecule has 1 fully saturated rings. The number of carbonyl (C=O) groups is 1. The predicted molar refractivity (Wildman–Crippen MR) is 117 cm³/mol.